The van der Waals surface area contributed by atoms with E-state index in [1.165, 1.54) is 0 Å². The molecule has 2 saturated heterocycles. The van der Waals surface area contributed by atoms with E-state index in [9.17, 15) is 9.59 Å². The number of piperazine rings is 1. The smallest absolute Gasteiger partial charge is 0.275 e. The maximum absolute atomic E-state index is 13.6. The van der Waals surface area contributed by atoms with Crippen LogP contribution < -0.4 is 0 Å². The topological polar surface area (TPSA) is 93.1 Å². The maximum Gasteiger partial charge on any atom is 0.275 e. The first-order chi connectivity index (χ1) is 15.1. The molecule has 7 nitrogen and oxygen atoms in total. The van der Waals surface area contributed by atoms with Gasteiger partial charge in [-0.15, -0.1) is 0 Å². The summed E-state index contributed by atoms with van der Waals surface area (Å²) < 4.78 is 0. The third kappa shape index (κ3) is 2.74. The Kier molecular flexibility index (Phi) is 4.04. The highest BCUT2D eigenvalue weighted by atomic mass is 16.2. The van der Waals surface area contributed by atoms with Gasteiger partial charge in [0.05, 0.1) is 23.7 Å². The fourth-order valence-electron chi connectivity index (χ4n) is 5.66. The molecule has 1 N–H and O–H groups in total. The molecular weight excluding hydrogens is 390 g/mol. The number of amides is 2. The van der Waals surface area contributed by atoms with E-state index in [1.807, 2.05) is 40.1 Å². The zero-order valence-electron chi connectivity index (χ0n) is 17.1. The fourth-order valence-corrected chi connectivity index (χ4v) is 5.66. The second-order valence-electron chi connectivity index (χ2n) is 9.09. The predicted octanol–water partition coefficient (Wildman–Crippen LogP) is 3.08. The van der Waals surface area contributed by atoms with E-state index in [4.69, 9.17) is 5.26 Å². The standard InChI is InChI=1S/C24H23N5O2/c25-11-14-9-15(10-14)23(30)28-12-16-5-6-17(13-28)29(16)24(31)22-21-19(7-8-26-22)18-3-1-2-4-20(18)27-21/h1-4,7-8,14-17,27H,5-6,9-10,12-13H2. The summed E-state index contributed by atoms with van der Waals surface area (Å²) in [5.74, 6) is 0.112. The molecule has 1 aliphatic carbocycles. The van der Waals surface area contributed by atoms with Crippen LogP contribution in [0.15, 0.2) is 36.5 Å². The van der Waals surface area contributed by atoms with Gasteiger partial charge in [-0.2, -0.15) is 5.26 Å². The number of hydrogen-bond donors (Lipinski definition) is 1. The first-order valence-electron chi connectivity index (χ1n) is 11.0. The summed E-state index contributed by atoms with van der Waals surface area (Å²) in [6.07, 6.45) is 4.88. The molecule has 3 aliphatic rings. The molecule has 0 spiro atoms. The second kappa shape index (κ2) is 6.81. The fraction of sp³-hybridized carbons (Fsp3) is 0.417. The highest BCUT2D eigenvalue weighted by Crippen LogP contribution is 2.38. The third-order valence-electron chi connectivity index (χ3n) is 7.33. The summed E-state index contributed by atoms with van der Waals surface area (Å²) in [7, 11) is 0. The van der Waals surface area contributed by atoms with Crippen molar-refractivity contribution in [2.24, 2.45) is 11.8 Å². The molecule has 3 fully saturated rings. The van der Waals surface area contributed by atoms with Crippen molar-refractivity contribution in [1.29, 1.82) is 5.26 Å². The number of carbonyl (C=O) groups is 2. The van der Waals surface area contributed by atoms with Crippen molar-refractivity contribution >= 4 is 33.6 Å². The largest absolute Gasteiger partial charge is 0.353 e. The number of aromatic amines is 1. The van der Waals surface area contributed by atoms with Crippen LogP contribution in [-0.2, 0) is 4.79 Å². The molecule has 4 heterocycles. The van der Waals surface area contributed by atoms with E-state index in [2.05, 4.69) is 16.0 Å². The first-order valence-corrected chi connectivity index (χ1v) is 11.0. The van der Waals surface area contributed by atoms with Crippen molar-refractivity contribution in [2.75, 3.05) is 13.1 Å². The van der Waals surface area contributed by atoms with E-state index in [0.717, 1.165) is 34.6 Å². The Hall–Kier alpha value is -3.40. The Bertz CT molecular complexity index is 1240. The number of pyridine rings is 1. The molecule has 7 heteroatoms. The van der Waals surface area contributed by atoms with Crippen LogP contribution >= 0.6 is 0 Å². The van der Waals surface area contributed by atoms with Crippen LogP contribution in [0.3, 0.4) is 0 Å². The Morgan fingerprint density at radius 3 is 2.55 bits per heavy atom. The molecule has 2 atom stereocenters. The molecular formula is C24H23N5O2. The number of para-hydroxylation sites is 1. The summed E-state index contributed by atoms with van der Waals surface area (Å²) in [5, 5.41) is 11.1. The average Bonchev–Trinajstić information content (AvgIpc) is 3.26. The molecule has 2 amide bonds. The lowest BCUT2D eigenvalue weighted by Gasteiger charge is -2.43. The molecule has 1 saturated carbocycles. The Morgan fingerprint density at radius 2 is 1.81 bits per heavy atom. The van der Waals surface area contributed by atoms with Gasteiger partial charge in [-0.05, 0) is 37.8 Å². The minimum atomic E-state index is -0.0510. The summed E-state index contributed by atoms with van der Waals surface area (Å²) in [6.45, 7) is 1.16. The van der Waals surface area contributed by atoms with Crippen molar-refractivity contribution in [3.05, 3.63) is 42.2 Å². The molecule has 2 aromatic heterocycles. The normalized spacial score (nSPS) is 27.3. The van der Waals surface area contributed by atoms with Crippen LogP contribution in [0.2, 0.25) is 0 Å². The summed E-state index contributed by atoms with van der Waals surface area (Å²) in [4.78, 5) is 38.2. The van der Waals surface area contributed by atoms with Crippen LogP contribution in [-0.4, -0.2) is 56.8 Å². The van der Waals surface area contributed by atoms with Gasteiger partial charge in [-0.25, -0.2) is 4.98 Å². The Balaban J connectivity index is 1.27. The van der Waals surface area contributed by atoms with Crippen LogP contribution in [0.5, 0.6) is 0 Å². The summed E-state index contributed by atoms with van der Waals surface area (Å²) in [6, 6.07) is 12.3. The zero-order chi connectivity index (χ0) is 21.1. The Labute approximate surface area is 179 Å². The second-order valence-corrected chi connectivity index (χ2v) is 9.09. The SMILES string of the molecule is N#CC1CC(C(=O)N2CC3CCC(C2)N3C(=O)c2nccc3c2[nH]c2ccccc23)C1. The van der Waals surface area contributed by atoms with E-state index in [1.54, 1.807) is 6.20 Å². The highest BCUT2D eigenvalue weighted by Gasteiger charge is 2.47. The number of likely N-dealkylation sites (tertiary alicyclic amines) is 1. The minimum Gasteiger partial charge on any atom is -0.353 e. The number of nitrogens with one attached hydrogen (secondary N) is 1. The van der Waals surface area contributed by atoms with Gasteiger partial charge in [-0.1, -0.05) is 18.2 Å². The maximum atomic E-state index is 13.6. The van der Waals surface area contributed by atoms with Crippen LogP contribution in [0.25, 0.3) is 21.8 Å². The van der Waals surface area contributed by atoms with Gasteiger partial charge in [0.15, 0.2) is 5.69 Å². The molecule has 6 rings (SSSR count). The molecule has 0 radical (unpaired) electrons. The van der Waals surface area contributed by atoms with Gasteiger partial charge >= 0.3 is 0 Å². The lowest BCUT2D eigenvalue weighted by Crippen LogP contribution is -2.58. The van der Waals surface area contributed by atoms with Crippen molar-refractivity contribution in [3.63, 3.8) is 0 Å². The molecule has 3 aromatic rings. The predicted molar refractivity (Wildman–Crippen MR) is 115 cm³/mol. The molecule has 156 valence electrons. The van der Waals surface area contributed by atoms with E-state index >= 15 is 0 Å². The monoisotopic (exact) mass is 413 g/mol. The number of H-pyrrole nitrogens is 1. The molecule has 31 heavy (non-hydrogen) atoms. The number of benzene rings is 1. The van der Waals surface area contributed by atoms with Crippen molar-refractivity contribution in [1.82, 2.24) is 19.8 Å². The average molecular weight is 413 g/mol. The van der Waals surface area contributed by atoms with Crippen molar-refractivity contribution in [3.8, 4) is 6.07 Å². The molecule has 2 unspecified atom stereocenters. The van der Waals surface area contributed by atoms with Crippen molar-refractivity contribution < 1.29 is 9.59 Å². The highest BCUT2D eigenvalue weighted by molar-refractivity contribution is 6.14. The number of carbonyl (C=O) groups excluding carboxylic acids is 2. The number of nitrogens with zero attached hydrogens (tertiary/aromatic N) is 4. The van der Waals surface area contributed by atoms with Gasteiger partial charge in [0.2, 0.25) is 5.91 Å². The lowest BCUT2D eigenvalue weighted by molar-refractivity contribution is -0.142. The van der Waals surface area contributed by atoms with Crippen molar-refractivity contribution in [2.45, 2.75) is 37.8 Å². The van der Waals surface area contributed by atoms with Gasteiger partial charge in [0, 0.05) is 47.4 Å². The molecule has 2 bridgehead atoms. The lowest BCUT2D eigenvalue weighted by atomic mass is 9.75. The van der Waals surface area contributed by atoms with Crippen LogP contribution in [0.1, 0.15) is 36.2 Å². The molecule has 2 aliphatic heterocycles. The summed E-state index contributed by atoms with van der Waals surface area (Å²) in [5.41, 5.74) is 2.24. The van der Waals surface area contributed by atoms with E-state index < -0.39 is 0 Å². The van der Waals surface area contributed by atoms with Gasteiger partial charge in [0.1, 0.15) is 0 Å². The molecule has 1 aromatic carbocycles. The number of nitriles is 1. The zero-order valence-corrected chi connectivity index (χ0v) is 17.1. The minimum absolute atomic E-state index is 0.0203. The van der Waals surface area contributed by atoms with Gasteiger partial charge in [-0.3, -0.25) is 9.59 Å². The van der Waals surface area contributed by atoms with Crippen LogP contribution in [0, 0.1) is 23.2 Å². The van der Waals surface area contributed by atoms with E-state index in [-0.39, 0.29) is 35.7 Å². The number of rotatable bonds is 2. The Morgan fingerprint density at radius 1 is 1.06 bits per heavy atom. The number of hydrogen-bond acceptors (Lipinski definition) is 4. The van der Waals surface area contributed by atoms with E-state index in [0.29, 0.717) is 31.6 Å². The first kappa shape index (κ1) is 18.4. The third-order valence-corrected chi connectivity index (χ3v) is 7.33. The summed E-state index contributed by atoms with van der Waals surface area (Å²) >= 11 is 0. The van der Waals surface area contributed by atoms with Gasteiger partial charge < -0.3 is 14.8 Å². The van der Waals surface area contributed by atoms with Gasteiger partial charge in [0.25, 0.3) is 5.91 Å². The van der Waals surface area contributed by atoms with Crippen LogP contribution in [0.4, 0.5) is 0 Å². The number of aromatic nitrogens is 2. The quantitative estimate of drug-likeness (QED) is 0.699. The number of fused-ring (bicyclic) bond motifs is 5.